The first-order valence-electron chi connectivity index (χ1n) is 9.27. The lowest BCUT2D eigenvalue weighted by molar-refractivity contribution is -0.134. The first-order valence-corrected chi connectivity index (χ1v) is 9.65. The zero-order valence-electron chi connectivity index (χ0n) is 15.9. The lowest BCUT2D eigenvalue weighted by Gasteiger charge is -2.29. The molecule has 1 saturated heterocycles. The van der Waals surface area contributed by atoms with E-state index in [9.17, 15) is 9.59 Å². The van der Waals surface area contributed by atoms with Crippen LogP contribution in [0, 0.1) is 6.92 Å². The number of halogens is 1. The van der Waals surface area contributed by atoms with Crippen LogP contribution < -0.4 is 5.73 Å². The zero-order chi connectivity index (χ0) is 19.7. The monoisotopic (exact) mass is 388 g/mol. The number of hydrogen-bond donors (Lipinski definition) is 1. The van der Waals surface area contributed by atoms with E-state index in [0.29, 0.717) is 47.5 Å². The summed E-state index contributed by atoms with van der Waals surface area (Å²) in [5.74, 6) is -0.249. The fraction of sp³-hybridized carbons (Fsp3) is 0.450. The van der Waals surface area contributed by atoms with E-state index < -0.39 is 6.04 Å². The van der Waals surface area contributed by atoms with Gasteiger partial charge in [0.15, 0.2) is 0 Å². The smallest absolute Gasteiger partial charge is 0.255 e. The van der Waals surface area contributed by atoms with Crippen LogP contribution in [0.25, 0.3) is 10.9 Å². The fourth-order valence-corrected chi connectivity index (χ4v) is 3.91. The lowest BCUT2D eigenvalue weighted by Crippen LogP contribution is -2.47. The molecule has 0 saturated carbocycles. The molecule has 3 rings (SSSR count). The number of benzene rings is 1. The summed E-state index contributed by atoms with van der Waals surface area (Å²) in [5, 5.41) is 1.23. The van der Waals surface area contributed by atoms with Gasteiger partial charge in [0.1, 0.15) is 6.04 Å². The van der Waals surface area contributed by atoms with Crippen LogP contribution in [0.5, 0.6) is 0 Å². The van der Waals surface area contributed by atoms with Gasteiger partial charge in [0.05, 0.1) is 11.1 Å². The summed E-state index contributed by atoms with van der Waals surface area (Å²) in [6.07, 6.45) is 0.476. The molecule has 0 radical (unpaired) electrons. The summed E-state index contributed by atoms with van der Waals surface area (Å²) in [6.45, 7) is 7.29. The van der Waals surface area contributed by atoms with Crippen LogP contribution in [0.1, 0.15) is 36.3 Å². The maximum Gasteiger partial charge on any atom is 0.255 e. The van der Waals surface area contributed by atoms with Gasteiger partial charge >= 0.3 is 0 Å². The Kier molecular flexibility index (Phi) is 5.67. The van der Waals surface area contributed by atoms with Crippen molar-refractivity contribution >= 4 is 34.3 Å². The number of nitrogens with two attached hydrogens (primary N) is 1. The number of pyridine rings is 1. The summed E-state index contributed by atoms with van der Waals surface area (Å²) in [5.41, 5.74) is 8.07. The molecule has 2 heterocycles. The molecule has 7 heteroatoms. The van der Waals surface area contributed by atoms with Gasteiger partial charge in [-0.05, 0) is 51.5 Å². The molecule has 1 aromatic heterocycles. The molecule has 1 aromatic carbocycles. The average Bonchev–Trinajstić information content (AvgIpc) is 3.03. The summed E-state index contributed by atoms with van der Waals surface area (Å²) in [6, 6.07) is 6.31. The van der Waals surface area contributed by atoms with E-state index in [-0.39, 0.29) is 17.9 Å². The molecule has 2 amide bonds. The minimum Gasteiger partial charge on any atom is -0.341 e. The number of amides is 2. The van der Waals surface area contributed by atoms with Crippen molar-refractivity contribution in [3.63, 3.8) is 0 Å². The van der Waals surface area contributed by atoms with Crippen molar-refractivity contribution in [3.05, 3.63) is 40.5 Å². The van der Waals surface area contributed by atoms with Crippen LogP contribution in [0.4, 0.5) is 0 Å². The first kappa shape index (κ1) is 19.6. The third kappa shape index (κ3) is 3.77. The van der Waals surface area contributed by atoms with Crippen LogP contribution in [-0.2, 0) is 4.79 Å². The number of aromatic nitrogens is 1. The van der Waals surface area contributed by atoms with Gasteiger partial charge in [0, 0.05) is 41.8 Å². The molecule has 144 valence electrons. The second-order valence-electron chi connectivity index (χ2n) is 6.95. The van der Waals surface area contributed by atoms with Crippen molar-refractivity contribution in [2.75, 3.05) is 19.6 Å². The highest BCUT2D eigenvalue weighted by atomic mass is 35.5. The minimum absolute atomic E-state index is 0.0468. The topological polar surface area (TPSA) is 79.5 Å². The van der Waals surface area contributed by atoms with Crippen LogP contribution in [0.2, 0.25) is 5.02 Å². The summed E-state index contributed by atoms with van der Waals surface area (Å²) < 4.78 is 0. The molecule has 6 nitrogen and oxygen atoms in total. The normalized spacial score (nSPS) is 19.5. The van der Waals surface area contributed by atoms with Crippen molar-refractivity contribution in [1.29, 1.82) is 0 Å². The van der Waals surface area contributed by atoms with Gasteiger partial charge in [-0.2, -0.15) is 0 Å². The highest BCUT2D eigenvalue weighted by molar-refractivity contribution is 6.31. The van der Waals surface area contributed by atoms with E-state index in [1.807, 2.05) is 20.8 Å². The Bertz CT molecular complexity index is 882. The second kappa shape index (κ2) is 7.82. The lowest BCUT2D eigenvalue weighted by atomic mass is 10.1. The predicted octanol–water partition coefficient (Wildman–Crippen LogP) is 2.61. The number of fused-ring (bicyclic) bond motifs is 1. The molecular formula is C20H25ClN4O2. The van der Waals surface area contributed by atoms with E-state index in [0.717, 1.165) is 5.69 Å². The third-order valence-electron chi connectivity index (χ3n) is 5.08. The SMILES string of the molecule is CCN(CC)C(=O)[C@@H]1C[C@@H](N)CN1C(=O)c1cc(C)nc2ccc(Cl)cc12. The molecule has 1 aliphatic heterocycles. The summed E-state index contributed by atoms with van der Waals surface area (Å²) in [7, 11) is 0. The summed E-state index contributed by atoms with van der Waals surface area (Å²) >= 11 is 6.14. The quantitative estimate of drug-likeness (QED) is 0.873. The molecule has 0 aliphatic carbocycles. The van der Waals surface area contributed by atoms with Gasteiger partial charge in [-0.25, -0.2) is 0 Å². The molecule has 1 fully saturated rings. The van der Waals surface area contributed by atoms with E-state index in [1.54, 1.807) is 34.1 Å². The Morgan fingerprint density at radius 1 is 1.30 bits per heavy atom. The standard InChI is InChI=1S/C20H25ClN4O2/c1-4-24(5-2)20(27)18-10-14(22)11-25(18)19(26)16-8-12(3)23-17-7-6-13(21)9-15(16)17/h6-9,14,18H,4-5,10-11,22H2,1-3H3/t14-,18+/m1/s1. The van der Waals surface area contributed by atoms with Gasteiger partial charge in [0.2, 0.25) is 5.91 Å². The molecule has 2 N–H and O–H groups in total. The van der Waals surface area contributed by atoms with Crippen LogP contribution in [0.15, 0.2) is 24.3 Å². The van der Waals surface area contributed by atoms with Gasteiger partial charge in [-0.3, -0.25) is 14.6 Å². The third-order valence-corrected chi connectivity index (χ3v) is 5.32. The number of carbonyl (C=O) groups is 2. The molecule has 2 aromatic rings. The van der Waals surface area contributed by atoms with Crippen molar-refractivity contribution in [3.8, 4) is 0 Å². The Balaban J connectivity index is 2.02. The van der Waals surface area contributed by atoms with Gasteiger partial charge in [-0.15, -0.1) is 0 Å². The van der Waals surface area contributed by atoms with E-state index in [4.69, 9.17) is 17.3 Å². The number of rotatable bonds is 4. The van der Waals surface area contributed by atoms with E-state index in [1.165, 1.54) is 0 Å². The van der Waals surface area contributed by atoms with Crippen molar-refractivity contribution in [1.82, 2.24) is 14.8 Å². The Hall–Kier alpha value is -2.18. The highest BCUT2D eigenvalue weighted by Gasteiger charge is 2.40. The molecule has 27 heavy (non-hydrogen) atoms. The molecule has 0 spiro atoms. The molecule has 2 atom stereocenters. The van der Waals surface area contributed by atoms with Crippen molar-refractivity contribution in [2.45, 2.75) is 39.3 Å². The van der Waals surface area contributed by atoms with Crippen LogP contribution in [0.3, 0.4) is 0 Å². The van der Waals surface area contributed by atoms with Crippen LogP contribution in [-0.4, -0.2) is 58.3 Å². The highest BCUT2D eigenvalue weighted by Crippen LogP contribution is 2.27. The van der Waals surface area contributed by atoms with Crippen molar-refractivity contribution in [2.24, 2.45) is 5.73 Å². The Morgan fingerprint density at radius 2 is 2.00 bits per heavy atom. The largest absolute Gasteiger partial charge is 0.341 e. The van der Waals surface area contributed by atoms with E-state index in [2.05, 4.69) is 4.98 Å². The fourth-order valence-electron chi connectivity index (χ4n) is 3.74. The molecule has 1 aliphatic rings. The van der Waals surface area contributed by atoms with Crippen LogP contribution >= 0.6 is 11.6 Å². The van der Waals surface area contributed by atoms with Gasteiger partial charge in [-0.1, -0.05) is 11.6 Å². The molecule has 0 bridgehead atoms. The maximum atomic E-state index is 13.4. The number of nitrogens with zero attached hydrogens (tertiary/aromatic N) is 3. The zero-order valence-corrected chi connectivity index (χ0v) is 16.7. The van der Waals surface area contributed by atoms with Gasteiger partial charge in [0.25, 0.3) is 5.91 Å². The van der Waals surface area contributed by atoms with Gasteiger partial charge < -0.3 is 15.5 Å². The average molecular weight is 389 g/mol. The molecular weight excluding hydrogens is 364 g/mol. The Morgan fingerprint density at radius 3 is 2.67 bits per heavy atom. The number of carbonyl (C=O) groups excluding carboxylic acids is 2. The number of hydrogen-bond acceptors (Lipinski definition) is 4. The first-order chi connectivity index (χ1) is 12.8. The minimum atomic E-state index is -0.532. The number of aryl methyl sites for hydroxylation is 1. The van der Waals surface area contributed by atoms with Crippen molar-refractivity contribution < 1.29 is 9.59 Å². The predicted molar refractivity (Wildman–Crippen MR) is 107 cm³/mol. The molecule has 0 unspecified atom stereocenters. The number of likely N-dealkylation sites (tertiary alicyclic amines) is 1. The summed E-state index contributed by atoms with van der Waals surface area (Å²) in [4.78, 5) is 34.2. The Labute approximate surface area is 164 Å². The van der Waals surface area contributed by atoms with E-state index >= 15 is 0 Å². The second-order valence-corrected chi connectivity index (χ2v) is 7.39. The maximum absolute atomic E-state index is 13.4. The number of likely N-dealkylation sites (N-methyl/N-ethyl adjacent to an activating group) is 1.